The Balaban J connectivity index is 1.78. The van der Waals surface area contributed by atoms with Crippen molar-refractivity contribution in [2.24, 2.45) is 0 Å². The van der Waals surface area contributed by atoms with Crippen LogP contribution in [0.15, 0.2) is 58.1 Å². The monoisotopic (exact) mass is 370 g/mol. The molecule has 0 bridgehead atoms. The van der Waals surface area contributed by atoms with Gasteiger partial charge in [-0.25, -0.2) is 17.7 Å². The van der Waals surface area contributed by atoms with E-state index in [9.17, 15) is 8.42 Å². The molecule has 3 aromatic rings. The van der Waals surface area contributed by atoms with E-state index < -0.39 is 10.0 Å². The van der Waals surface area contributed by atoms with Crippen molar-refractivity contribution < 1.29 is 12.9 Å². The van der Waals surface area contributed by atoms with Gasteiger partial charge in [0.15, 0.2) is 5.82 Å². The molecule has 1 aromatic carbocycles. The fourth-order valence-corrected chi connectivity index (χ4v) is 4.02. The van der Waals surface area contributed by atoms with Crippen molar-refractivity contribution in [3.8, 4) is 11.6 Å². The average molecular weight is 370 g/mol. The third-order valence-electron chi connectivity index (χ3n) is 4.66. The molecule has 0 atom stereocenters. The van der Waals surface area contributed by atoms with Crippen LogP contribution < -0.4 is 0 Å². The molecule has 134 valence electrons. The first kappa shape index (κ1) is 16.9. The summed E-state index contributed by atoms with van der Waals surface area (Å²) in [7, 11) is -0.731. The van der Waals surface area contributed by atoms with Crippen LogP contribution in [0.5, 0.6) is 0 Å². The molecular formula is C18H18N4O3S. The van der Waals surface area contributed by atoms with Gasteiger partial charge >= 0.3 is 0 Å². The smallest absolute Gasteiger partial charge is 0.277 e. The van der Waals surface area contributed by atoms with E-state index in [2.05, 4.69) is 15.1 Å². The van der Waals surface area contributed by atoms with Gasteiger partial charge in [0, 0.05) is 20.3 Å². The van der Waals surface area contributed by atoms with Crippen molar-refractivity contribution in [2.75, 3.05) is 14.1 Å². The third kappa shape index (κ3) is 2.62. The lowest BCUT2D eigenvalue weighted by Gasteiger charge is -2.12. The highest BCUT2D eigenvalue weighted by atomic mass is 32.2. The Hall–Kier alpha value is -2.58. The van der Waals surface area contributed by atoms with E-state index in [0.29, 0.717) is 5.82 Å². The van der Waals surface area contributed by atoms with E-state index in [1.165, 1.54) is 26.4 Å². The van der Waals surface area contributed by atoms with Gasteiger partial charge in [0.05, 0.1) is 5.41 Å². The van der Waals surface area contributed by atoms with Crippen LogP contribution in [0.2, 0.25) is 0 Å². The van der Waals surface area contributed by atoms with Crippen molar-refractivity contribution in [1.29, 1.82) is 0 Å². The van der Waals surface area contributed by atoms with Crippen molar-refractivity contribution in [1.82, 2.24) is 19.4 Å². The lowest BCUT2D eigenvalue weighted by Crippen LogP contribution is -2.23. The number of hydrogen-bond donors (Lipinski definition) is 0. The summed E-state index contributed by atoms with van der Waals surface area (Å²) in [5, 5.41) is 4.14. The molecule has 1 aliphatic rings. The van der Waals surface area contributed by atoms with Crippen LogP contribution in [-0.4, -0.2) is 41.9 Å². The van der Waals surface area contributed by atoms with E-state index in [0.717, 1.165) is 22.7 Å². The molecule has 0 spiro atoms. The van der Waals surface area contributed by atoms with Crippen LogP contribution in [0.1, 0.15) is 24.2 Å². The van der Waals surface area contributed by atoms with Crippen LogP contribution in [0.3, 0.4) is 0 Å². The Labute approximate surface area is 151 Å². The maximum absolute atomic E-state index is 12.6. The molecule has 8 heteroatoms. The molecule has 7 nitrogen and oxygen atoms in total. The van der Waals surface area contributed by atoms with E-state index in [1.54, 1.807) is 6.07 Å². The molecule has 26 heavy (non-hydrogen) atoms. The molecule has 0 radical (unpaired) electrons. The Morgan fingerprint density at radius 2 is 1.81 bits per heavy atom. The second kappa shape index (κ2) is 6.00. The standard InChI is InChI=1S/C18H18N4O3S/c1-22(2)26(23,24)14-9-6-12-19-15(14)16-20-17(21-25-16)18(10-11-18)13-7-4-3-5-8-13/h3-9,12H,10-11H2,1-2H3. The first-order chi connectivity index (χ1) is 12.4. The summed E-state index contributed by atoms with van der Waals surface area (Å²) in [6.07, 6.45) is 3.38. The predicted octanol–water partition coefficient (Wildman–Crippen LogP) is 2.46. The largest absolute Gasteiger partial charge is 0.332 e. The number of rotatable bonds is 5. The van der Waals surface area contributed by atoms with E-state index in [4.69, 9.17) is 4.52 Å². The van der Waals surface area contributed by atoms with Gasteiger partial charge in [-0.2, -0.15) is 4.98 Å². The topological polar surface area (TPSA) is 89.2 Å². The van der Waals surface area contributed by atoms with E-state index in [1.807, 2.05) is 30.3 Å². The molecular weight excluding hydrogens is 352 g/mol. The quantitative estimate of drug-likeness (QED) is 0.685. The Kier molecular flexibility index (Phi) is 3.89. The minimum atomic E-state index is -3.68. The van der Waals surface area contributed by atoms with Gasteiger partial charge in [-0.15, -0.1) is 0 Å². The molecule has 0 aliphatic heterocycles. The Morgan fingerprint density at radius 3 is 2.46 bits per heavy atom. The number of nitrogens with zero attached hydrogens (tertiary/aromatic N) is 4. The zero-order valence-corrected chi connectivity index (χ0v) is 15.3. The van der Waals surface area contributed by atoms with Crippen LogP contribution in [0, 0.1) is 0 Å². The first-order valence-electron chi connectivity index (χ1n) is 8.23. The summed E-state index contributed by atoms with van der Waals surface area (Å²) in [5.74, 6) is 0.681. The minimum Gasteiger partial charge on any atom is -0.332 e. The van der Waals surface area contributed by atoms with Gasteiger partial charge in [0.1, 0.15) is 10.6 Å². The highest BCUT2D eigenvalue weighted by Crippen LogP contribution is 2.52. The summed E-state index contributed by atoms with van der Waals surface area (Å²) in [5.41, 5.74) is 1.05. The van der Waals surface area contributed by atoms with Crippen LogP contribution in [0.4, 0.5) is 0 Å². The van der Waals surface area contributed by atoms with Gasteiger partial charge in [0.2, 0.25) is 10.0 Å². The number of hydrogen-bond acceptors (Lipinski definition) is 6. The van der Waals surface area contributed by atoms with E-state index >= 15 is 0 Å². The Morgan fingerprint density at radius 1 is 1.08 bits per heavy atom. The molecule has 1 aliphatic carbocycles. The maximum atomic E-state index is 12.6. The summed E-state index contributed by atoms with van der Waals surface area (Å²) < 4.78 is 31.7. The molecule has 0 amide bonds. The summed E-state index contributed by atoms with van der Waals surface area (Å²) in [6, 6.07) is 13.1. The van der Waals surface area contributed by atoms with Crippen LogP contribution >= 0.6 is 0 Å². The predicted molar refractivity (Wildman–Crippen MR) is 94.9 cm³/mol. The van der Waals surface area contributed by atoms with Gasteiger partial charge < -0.3 is 4.52 Å². The normalized spacial score (nSPS) is 16.0. The summed E-state index contributed by atoms with van der Waals surface area (Å²) in [6.45, 7) is 0. The molecule has 0 saturated heterocycles. The fourth-order valence-electron chi connectivity index (χ4n) is 2.99. The fraction of sp³-hybridized carbons (Fsp3) is 0.278. The molecule has 2 aromatic heterocycles. The van der Waals surface area contributed by atoms with Crippen molar-refractivity contribution in [3.05, 3.63) is 60.0 Å². The van der Waals surface area contributed by atoms with Gasteiger partial charge in [-0.3, -0.25) is 0 Å². The SMILES string of the molecule is CN(C)S(=O)(=O)c1cccnc1-c1nc(C2(c3ccccc3)CC2)no1. The van der Waals surface area contributed by atoms with E-state index in [-0.39, 0.29) is 21.9 Å². The minimum absolute atomic E-state index is 0.0461. The maximum Gasteiger partial charge on any atom is 0.277 e. The molecule has 4 rings (SSSR count). The summed E-state index contributed by atoms with van der Waals surface area (Å²) in [4.78, 5) is 8.73. The number of benzene rings is 1. The first-order valence-corrected chi connectivity index (χ1v) is 9.67. The third-order valence-corrected chi connectivity index (χ3v) is 6.51. The van der Waals surface area contributed by atoms with Gasteiger partial charge in [-0.05, 0) is 30.5 Å². The summed E-state index contributed by atoms with van der Waals surface area (Å²) >= 11 is 0. The van der Waals surface area contributed by atoms with Gasteiger partial charge in [0.25, 0.3) is 5.89 Å². The molecule has 1 saturated carbocycles. The average Bonchev–Trinajstić information content (AvgIpc) is 3.32. The molecule has 2 heterocycles. The van der Waals surface area contributed by atoms with Crippen molar-refractivity contribution in [3.63, 3.8) is 0 Å². The second-order valence-corrected chi connectivity index (χ2v) is 8.63. The lowest BCUT2D eigenvalue weighted by molar-refractivity contribution is 0.415. The lowest BCUT2D eigenvalue weighted by atomic mass is 9.95. The van der Waals surface area contributed by atoms with Crippen molar-refractivity contribution in [2.45, 2.75) is 23.2 Å². The van der Waals surface area contributed by atoms with Crippen molar-refractivity contribution >= 4 is 10.0 Å². The van der Waals surface area contributed by atoms with Crippen LogP contribution in [-0.2, 0) is 15.4 Å². The van der Waals surface area contributed by atoms with Crippen LogP contribution in [0.25, 0.3) is 11.6 Å². The molecule has 1 fully saturated rings. The zero-order chi connectivity index (χ0) is 18.4. The van der Waals surface area contributed by atoms with Gasteiger partial charge in [-0.1, -0.05) is 35.5 Å². The highest BCUT2D eigenvalue weighted by Gasteiger charge is 2.50. The number of pyridine rings is 1. The Bertz CT molecular complexity index is 1040. The number of sulfonamides is 1. The number of aromatic nitrogens is 3. The molecule has 0 unspecified atom stereocenters. The second-order valence-electron chi connectivity index (χ2n) is 6.51. The zero-order valence-electron chi connectivity index (χ0n) is 14.5. The highest BCUT2D eigenvalue weighted by molar-refractivity contribution is 7.89. The molecule has 0 N–H and O–H groups in total.